The highest BCUT2D eigenvalue weighted by molar-refractivity contribution is 5.56. The topological polar surface area (TPSA) is 67.7 Å². The van der Waals surface area contributed by atoms with E-state index in [1.165, 1.54) is 24.8 Å². The van der Waals surface area contributed by atoms with Gasteiger partial charge in [0.25, 0.3) is 0 Å². The summed E-state index contributed by atoms with van der Waals surface area (Å²) in [6.07, 6.45) is 5.48. The van der Waals surface area contributed by atoms with Crippen LogP contribution in [0.25, 0.3) is 5.69 Å². The zero-order valence-corrected chi connectivity index (χ0v) is 11.7. The molecular formula is C14H20N6. The Labute approximate surface area is 118 Å². The van der Waals surface area contributed by atoms with Crippen LogP contribution in [0.3, 0.4) is 0 Å². The Morgan fingerprint density at radius 3 is 3.10 bits per heavy atom. The summed E-state index contributed by atoms with van der Waals surface area (Å²) in [6, 6.07) is 6.78. The molecule has 1 unspecified atom stereocenters. The normalized spacial score (nSPS) is 18.9. The van der Waals surface area contributed by atoms with Crippen molar-refractivity contribution in [3.05, 3.63) is 30.1 Å². The Hall–Kier alpha value is -1.95. The Balaban J connectivity index is 1.70. The minimum absolute atomic E-state index is 0.569. The zero-order chi connectivity index (χ0) is 13.8. The number of rotatable bonds is 4. The molecule has 1 aliphatic heterocycles. The zero-order valence-electron chi connectivity index (χ0n) is 11.7. The average Bonchev–Trinajstić information content (AvgIpc) is 3.02. The smallest absolute Gasteiger partial charge is 0.143 e. The predicted octanol–water partition coefficient (Wildman–Crippen LogP) is 1.52. The highest BCUT2D eigenvalue weighted by Crippen LogP contribution is 2.19. The van der Waals surface area contributed by atoms with Crippen molar-refractivity contribution in [3.63, 3.8) is 0 Å². The first-order valence-electron chi connectivity index (χ1n) is 7.14. The van der Waals surface area contributed by atoms with E-state index < -0.39 is 0 Å². The molecular weight excluding hydrogens is 252 g/mol. The molecule has 0 aliphatic carbocycles. The molecule has 1 fully saturated rings. The van der Waals surface area contributed by atoms with Crippen molar-refractivity contribution in [1.82, 2.24) is 25.5 Å². The fourth-order valence-electron chi connectivity index (χ4n) is 2.55. The monoisotopic (exact) mass is 272 g/mol. The van der Waals surface area contributed by atoms with Crippen LogP contribution < -0.4 is 10.6 Å². The first-order chi connectivity index (χ1) is 9.83. The number of aromatic nitrogens is 4. The molecule has 6 heteroatoms. The summed E-state index contributed by atoms with van der Waals surface area (Å²) < 4.78 is 1.67. The minimum atomic E-state index is 0.569. The predicted molar refractivity (Wildman–Crippen MR) is 78.0 cm³/mol. The molecule has 0 saturated carbocycles. The van der Waals surface area contributed by atoms with Gasteiger partial charge in [0.15, 0.2) is 0 Å². The van der Waals surface area contributed by atoms with Crippen LogP contribution in [0, 0.1) is 6.92 Å². The van der Waals surface area contributed by atoms with Crippen molar-refractivity contribution in [2.75, 3.05) is 18.4 Å². The Kier molecular flexibility index (Phi) is 3.92. The van der Waals surface area contributed by atoms with E-state index in [1.54, 1.807) is 11.0 Å². The van der Waals surface area contributed by atoms with Gasteiger partial charge in [-0.3, -0.25) is 0 Å². The van der Waals surface area contributed by atoms with Gasteiger partial charge >= 0.3 is 0 Å². The Morgan fingerprint density at radius 2 is 2.35 bits per heavy atom. The maximum atomic E-state index is 3.92. The third kappa shape index (κ3) is 2.96. The van der Waals surface area contributed by atoms with Gasteiger partial charge in [-0.1, -0.05) is 12.5 Å². The lowest BCUT2D eigenvalue weighted by Crippen LogP contribution is -2.39. The number of benzene rings is 1. The van der Waals surface area contributed by atoms with Crippen molar-refractivity contribution in [2.45, 2.75) is 32.2 Å². The van der Waals surface area contributed by atoms with Crippen LogP contribution in [0.4, 0.5) is 5.69 Å². The van der Waals surface area contributed by atoms with Gasteiger partial charge in [-0.2, -0.15) is 0 Å². The number of piperidine rings is 1. The van der Waals surface area contributed by atoms with E-state index >= 15 is 0 Å². The highest BCUT2D eigenvalue weighted by Gasteiger charge is 2.12. The molecule has 0 radical (unpaired) electrons. The molecule has 1 atom stereocenters. The maximum Gasteiger partial charge on any atom is 0.143 e. The lowest BCUT2D eigenvalue weighted by Gasteiger charge is -2.24. The number of aryl methyl sites for hydroxylation is 1. The number of hydrogen-bond acceptors (Lipinski definition) is 5. The molecule has 0 spiro atoms. The maximum absolute atomic E-state index is 3.92. The second kappa shape index (κ2) is 6.00. The number of anilines is 1. The average molecular weight is 272 g/mol. The van der Waals surface area contributed by atoms with Crippen molar-refractivity contribution in [1.29, 1.82) is 0 Å². The van der Waals surface area contributed by atoms with Gasteiger partial charge in [0.2, 0.25) is 0 Å². The molecule has 6 nitrogen and oxygen atoms in total. The summed E-state index contributed by atoms with van der Waals surface area (Å²) in [5.41, 5.74) is 3.35. The van der Waals surface area contributed by atoms with E-state index in [0.717, 1.165) is 24.5 Å². The van der Waals surface area contributed by atoms with E-state index in [2.05, 4.69) is 45.2 Å². The summed E-state index contributed by atoms with van der Waals surface area (Å²) in [7, 11) is 0. The summed E-state index contributed by atoms with van der Waals surface area (Å²) in [4.78, 5) is 0. The molecule has 106 valence electrons. The molecule has 20 heavy (non-hydrogen) atoms. The van der Waals surface area contributed by atoms with E-state index in [-0.39, 0.29) is 0 Å². The Bertz CT molecular complexity index is 545. The third-order valence-corrected chi connectivity index (χ3v) is 3.79. The molecule has 3 rings (SSSR count). The van der Waals surface area contributed by atoms with Crippen molar-refractivity contribution < 1.29 is 0 Å². The molecule has 1 aliphatic rings. The van der Waals surface area contributed by atoms with E-state index in [9.17, 15) is 0 Å². The molecule has 0 amide bonds. The molecule has 1 aromatic carbocycles. The molecule has 0 bridgehead atoms. The van der Waals surface area contributed by atoms with Gasteiger partial charge in [-0.15, -0.1) is 5.10 Å². The van der Waals surface area contributed by atoms with Gasteiger partial charge in [0.05, 0.1) is 5.69 Å². The molecule has 1 aromatic heterocycles. The van der Waals surface area contributed by atoms with Gasteiger partial charge in [0.1, 0.15) is 6.33 Å². The lowest BCUT2D eigenvalue weighted by atomic mass is 10.0. The lowest BCUT2D eigenvalue weighted by molar-refractivity contribution is 0.414. The van der Waals surface area contributed by atoms with E-state index in [1.807, 2.05) is 6.07 Å². The summed E-state index contributed by atoms with van der Waals surface area (Å²) in [5.74, 6) is 0. The van der Waals surface area contributed by atoms with Crippen LogP contribution in [-0.4, -0.2) is 39.3 Å². The quantitative estimate of drug-likeness (QED) is 0.883. The number of nitrogens with zero attached hydrogens (tertiary/aromatic N) is 4. The SMILES string of the molecule is Cc1ccc(-n2cnnn2)cc1NCC1CCCCN1. The van der Waals surface area contributed by atoms with Crippen LogP contribution in [0.15, 0.2) is 24.5 Å². The van der Waals surface area contributed by atoms with Gasteiger partial charge in [-0.25, -0.2) is 4.68 Å². The van der Waals surface area contributed by atoms with Crippen molar-refractivity contribution in [2.24, 2.45) is 0 Å². The first kappa shape index (κ1) is 13.1. The first-order valence-corrected chi connectivity index (χ1v) is 7.14. The third-order valence-electron chi connectivity index (χ3n) is 3.79. The summed E-state index contributed by atoms with van der Waals surface area (Å²) in [6.45, 7) is 4.20. The molecule has 2 aromatic rings. The number of tetrazole rings is 1. The standard InChI is InChI=1S/C14H20N6/c1-11-5-6-13(20-10-17-18-19-20)8-14(11)16-9-12-4-2-3-7-15-12/h5-6,8,10,12,15-16H,2-4,7,9H2,1H3. The molecule has 2 heterocycles. The highest BCUT2D eigenvalue weighted by atomic mass is 15.5. The summed E-state index contributed by atoms with van der Waals surface area (Å²) in [5, 5.41) is 18.4. The van der Waals surface area contributed by atoms with Crippen LogP contribution >= 0.6 is 0 Å². The van der Waals surface area contributed by atoms with Gasteiger partial charge in [0, 0.05) is 18.3 Å². The fourth-order valence-corrected chi connectivity index (χ4v) is 2.55. The van der Waals surface area contributed by atoms with Crippen LogP contribution in [0.2, 0.25) is 0 Å². The number of hydrogen-bond donors (Lipinski definition) is 2. The fraction of sp³-hybridized carbons (Fsp3) is 0.500. The second-order valence-electron chi connectivity index (χ2n) is 5.28. The molecule has 2 N–H and O–H groups in total. The van der Waals surface area contributed by atoms with E-state index in [0.29, 0.717) is 6.04 Å². The van der Waals surface area contributed by atoms with Crippen LogP contribution in [0.5, 0.6) is 0 Å². The molecule has 1 saturated heterocycles. The van der Waals surface area contributed by atoms with Crippen LogP contribution in [0.1, 0.15) is 24.8 Å². The number of nitrogens with one attached hydrogen (secondary N) is 2. The van der Waals surface area contributed by atoms with Gasteiger partial charge in [-0.05, 0) is 54.4 Å². The van der Waals surface area contributed by atoms with E-state index in [4.69, 9.17) is 0 Å². The van der Waals surface area contributed by atoms with Crippen LogP contribution in [-0.2, 0) is 0 Å². The largest absolute Gasteiger partial charge is 0.383 e. The van der Waals surface area contributed by atoms with Crippen molar-refractivity contribution in [3.8, 4) is 5.69 Å². The second-order valence-corrected chi connectivity index (χ2v) is 5.28. The van der Waals surface area contributed by atoms with Crippen molar-refractivity contribution >= 4 is 5.69 Å². The van der Waals surface area contributed by atoms with Gasteiger partial charge < -0.3 is 10.6 Å². The minimum Gasteiger partial charge on any atom is -0.383 e. The Morgan fingerprint density at radius 1 is 1.40 bits per heavy atom. The summed E-state index contributed by atoms with van der Waals surface area (Å²) >= 11 is 0.